The number of hydrogen-bond acceptors (Lipinski definition) is 4. The van der Waals surface area contributed by atoms with Gasteiger partial charge in [0.05, 0.1) is 0 Å². The molecule has 4 nitrogen and oxygen atoms in total. The lowest BCUT2D eigenvalue weighted by molar-refractivity contribution is 0.585. The topological polar surface area (TPSA) is 40.2 Å². The van der Waals surface area contributed by atoms with Gasteiger partial charge in [0, 0.05) is 51.2 Å². The Balaban J connectivity index is 2.13. The van der Waals surface area contributed by atoms with E-state index < -0.39 is 0 Å². The van der Waals surface area contributed by atoms with Crippen LogP contribution < -0.4 is 15.5 Å². The highest BCUT2D eigenvalue weighted by molar-refractivity contribution is 5.53. The molecule has 1 aliphatic heterocycles. The molecule has 2 rings (SSSR count). The van der Waals surface area contributed by atoms with Crippen LogP contribution in [0.25, 0.3) is 0 Å². The first-order valence-corrected chi connectivity index (χ1v) is 4.99. The van der Waals surface area contributed by atoms with Gasteiger partial charge in [0.25, 0.3) is 0 Å². The molecule has 4 heteroatoms. The van der Waals surface area contributed by atoms with E-state index in [9.17, 15) is 0 Å². The van der Waals surface area contributed by atoms with Gasteiger partial charge in [0.2, 0.25) is 0 Å². The first-order valence-electron chi connectivity index (χ1n) is 4.99. The van der Waals surface area contributed by atoms with Crippen molar-refractivity contribution < 1.29 is 0 Å². The van der Waals surface area contributed by atoms with Crippen molar-refractivity contribution >= 4 is 11.5 Å². The summed E-state index contributed by atoms with van der Waals surface area (Å²) in [7, 11) is 1.93. The Kier molecular flexibility index (Phi) is 2.84. The van der Waals surface area contributed by atoms with E-state index in [2.05, 4.69) is 26.6 Å². The summed E-state index contributed by atoms with van der Waals surface area (Å²) in [5.41, 5.74) is 1.12. The van der Waals surface area contributed by atoms with Crippen LogP contribution in [-0.4, -0.2) is 38.2 Å². The Hall–Kier alpha value is -1.29. The van der Waals surface area contributed by atoms with Gasteiger partial charge >= 0.3 is 0 Å². The molecule has 1 aromatic rings. The average Bonchev–Trinajstić information content (AvgIpc) is 2.30. The van der Waals surface area contributed by atoms with Crippen LogP contribution in [0.4, 0.5) is 11.5 Å². The SMILES string of the molecule is CNc1ccnc(N2CCNCC2)c1. The maximum absolute atomic E-state index is 4.37. The summed E-state index contributed by atoms with van der Waals surface area (Å²) < 4.78 is 0. The van der Waals surface area contributed by atoms with Crippen LogP contribution >= 0.6 is 0 Å². The predicted octanol–water partition coefficient (Wildman–Crippen LogP) is 0.533. The number of nitrogens with zero attached hydrogens (tertiary/aromatic N) is 2. The van der Waals surface area contributed by atoms with E-state index in [0.717, 1.165) is 37.7 Å². The molecule has 0 aliphatic carbocycles. The molecule has 14 heavy (non-hydrogen) atoms. The number of piperazine rings is 1. The molecule has 1 fully saturated rings. The van der Waals surface area contributed by atoms with Crippen LogP contribution in [0.5, 0.6) is 0 Å². The first kappa shape index (κ1) is 9.27. The fourth-order valence-corrected chi connectivity index (χ4v) is 1.64. The maximum atomic E-state index is 4.37. The van der Waals surface area contributed by atoms with Gasteiger partial charge in [-0.1, -0.05) is 0 Å². The zero-order chi connectivity index (χ0) is 9.80. The predicted molar refractivity (Wildman–Crippen MR) is 58.9 cm³/mol. The molecule has 0 spiro atoms. The summed E-state index contributed by atoms with van der Waals surface area (Å²) in [5, 5.41) is 6.45. The molecule has 76 valence electrons. The van der Waals surface area contributed by atoms with Crippen LogP contribution in [0.15, 0.2) is 18.3 Å². The van der Waals surface area contributed by atoms with E-state index in [1.54, 1.807) is 0 Å². The molecule has 0 atom stereocenters. The van der Waals surface area contributed by atoms with Crippen molar-refractivity contribution in [3.8, 4) is 0 Å². The number of anilines is 2. The number of nitrogens with one attached hydrogen (secondary N) is 2. The Bertz CT molecular complexity index is 294. The zero-order valence-electron chi connectivity index (χ0n) is 8.45. The summed E-state index contributed by atoms with van der Waals surface area (Å²) in [5.74, 6) is 1.07. The van der Waals surface area contributed by atoms with Gasteiger partial charge in [-0.05, 0) is 6.07 Å². The number of rotatable bonds is 2. The van der Waals surface area contributed by atoms with Crippen LogP contribution in [0, 0.1) is 0 Å². The molecule has 0 amide bonds. The molecule has 0 bridgehead atoms. The van der Waals surface area contributed by atoms with Gasteiger partial charge in [0.1, 0.15) is 5.82 Å². The maximum Gasteiger partial charge on any atom is 0.130 e. The zero-order valence-corrected chi connectivity index (χ0v) is 8.45. The average molecular weight is 192 g/mol. The van der Waals surface area contributed by atoms with Gasteiger partial charge in [-0.15, -0.1) is 0 Å². The monoisotopic (exact) mass is 192 g/mol. The van der Waals surface area contributed by atoms with E-state index in [1.165, 1.54) is 0 Å². The lowest BCUT2D eigenvalue weighted by Gasteiger charge is -2.28. The molecular weight excluding hydrogens is 176 g/mol. The van der Waals surface area contributed by atoms with Crippen molar-refractivity contribution in [3.63, 3.8) is 0 Å². The number of aromatic nitrogens is 1. The van der Waals surface area contributed by atoms with Crippen LogP contribution in [0.3, 0.4) is 0 Å². The summed E-state index contributed by atoms with van der Waals surface area (Å²) in [4.78, 5) is 6.67. The molecule has 2 N–H and O–H groups in total. The minimum Gasteiger partial charge on any atom is -0.388 e. The van der Waals surface area contributed by atoms with Gasteiger partial charge in [-0.25, -0.2) is 4.98 Å². The molecular formula is C10H16N4. The smallest absolute Gasteiger partial charge is 0.130 e. The van der Waals surface area contributed by atoms with Crippen LogP contribution in [-0.2, 0) is 0 Å². The van der Waals surface area contributed by atoms with Gasteiger partial charge in [-0.3, -0.25) is 0 Å². The normalized spacial score (nSPS) is 16.8. The lowest BCUT2D eigenvalue weighted by Crippen LogP contribution is -2.43. The van der Waals surface area contributed by atoms with Crippen LogP contribution in [0.1, 0.15) is 0 Å². The van der Waals surface area contributed by atoms with E-state index in [4.69, 9.17) is 0 Å². The van der Waals surface area contributed by atoms with Gasteiger partial charge < -0.3 is 15.5 Å². The van der Waals surface area contributed by atoms with E-state index >= 15 is 0 Å². The molecule has 0 unspecified atom stereocenters. The lowest BCUT2D eigenvalue weighted by atomic mass is 10.3. The van der Waals surface area contributed by atoms with E-state index in [1.807, 2.05) is 19.3 Å². The molecule has 1 aromatic heterocycles. The highest BCUT2D eigenvalue weighted by Gasteiger charge is 2.11. The van der Waals surface area contributed by atoms with Crippen molar-refractivity contribution in [1.82, 2.24) is 10.3 Å². The summed E-state index contributed by atoms with van der Waals surface area (Å²) in [6, 6.07) is 4.07. The van der Waals surface area contributed by atoms with E-state index in [-0.39, 0.29) is 0 Å². The number of hydrogen-bond donors (Lipinski definition) is 2. The largest absolute Gasteiger partial charge is 0.388 e. The fraction of sp³-hybridized carbons (Fsp3) is 0.500. The van der Waals surface area contributed by atoms with Crippen molar-refractivity contribution in [2.75, 3.05) is 43.4 Å². The van der Waals surface area contributed by atoms with Gasteiger partial charge in [-0.2, -0.15) is 0 Å². The highest BCUT2D eigenvalue weighted by atomic mass is 15.2. The molecule has 0 aromatic carbocycles. The molecule has 0 radical (unpaired) electrons. The minimum atomic E-state index is 1.04. The second-order valence-electron chi connectivity index (χ2n) is 3.39. The van der Waals surface area contributed by atoms with Gasteiger partial charge in [0.15, 0.2) is 0 Å². The third-order valence-electron chi connectivity index (χ3n) is 2.48. The van der Waals surface area contributed by atoms with Crippen molar-refractivity contribution in [2.45, 2.75) is 0 Å². The summed E-state index contributed by atoms with van der Waals surface area (Å²) >= 11 is 0. The third-order valence-corrected chi connectivity index (χ3v) is 2.48. The Morgan fingerprint density at radius 2 is 2.21 bits per heavy atom. The minimum absolute atomic E-state index is 1.04. The Labute approximate surface area is 84.3 Å². The summed E-state index contributed by atoms with van der Waals surface area (Å²) in [6.45, 7) is 4.18. The Morgan fingerprint density at radius 1 is 1.43 bits per heavy atom. The second-order valence-corrected chi connectivity index (χ2v) is 3.39. The molecule has 1 saturated heterocycles. The van der Waals surface area contributed by atoms with Crippen LogP contribution in [0.2, 0.25) is 0 Å². The molecule has 2 heterocycles. The fourth-order valence-electron chi connectivity index (χ4n) is 1.64. The number of pyridine rings is 1. The van der Waals surface area contributed by atoms with Crippen molar-refractivity contribution in [3.05, 3.63) is 18.3 Å². The quantitative estimate of drug-likeness (QED) is 0.717. The van der Waals surface area contributed by atoms with Crippen molar-refractivity contribution in [1.29, 1.82) is 0 Å². The standard InChI is InChI=1S/C10H16N4/c1-11-9-2-3-13-10(8-9)14-6-4-12-5-7-14/h2-3,8,12H,4-7H2,1H3,(H,11,13). The molecule has 0 saturated carbocycles. The van der Waals surface area contributed by atoms with Crippen molar-refractivity contribution in [2.24, 2.45) is 0 Å². The second kappa shape index (κ2) is 4.28. The summed E-state index contributed by atoms with van der Waals surface area (Å²) in [6.07, 6.45) is 1.85. The highest BCUT2D eigenvalue weighted by Crippen LogP contribution is 2.15. The molecule has 1 aliphatic rings. The first-order chi connectivity index (χ1) is 6.90. The van der Waals surface area contributed by atoms with E-state index in [0.29, 0.717) is 0 Å². The Morgan fingerprint density at radius 3 is 2.93 bits per heavy atom. The third kappa shape index (κ3) is 1.96.